The van der Waals surface area contributed by atoms with Crippen molar-refractivity contribution >= 4 is 17.3 Å². The smallest absolute Gasteiger partial charge is 0.0638 e. The maximum absolute atomic E-state index is 5.93. The zero-order valence-corrected chi connectivity index (χ0v) is 9.06. The summed E-state index contributed by atoms with van der Waals surface area (Å²) in [6, 6.07) is 5.80. The maximum Gasteiger partial charge on any atom is 0.0638 e. The number of anilines is 1. The number of hydrogen-bond donors (Lipinski definition) is 2. The van der Waals surface area contributed by atoms with Crippen LogP contribution in [0.2, 0.25) is 5.02 Å². The van der Waals surface area contributed by atoms with Crippen LogP contribution in [0.15, 0.2) is 18.2 Å². The van der Waals surface area contributed by atoms with Crippen molar-refractivity contribution in [3.63, 3.8) is 0 Å². The average Bonchev–Trinajstić information content (AvgIpc) is 2.87. The van der Waals surface area contributed by atoms with Crippen LogP contribution in [0.1, 0.15) is 25.3 Å². The Morgan fingerprint density at radius 3 is 2.79 bits per heavy atom. The highest BCUT2D eigenvalue weighted by atomic mass is 35.5. The molecule has 0 unspecified atom stereocenters. The van der Waals surface area contributed by atoms with E-state index >= 15 is 0 Å². The summed E-state index contributed by atoms with van der Waals surface area (Å²) in [5, 5.41) is 4.14. The van der Waals surface area contributed by atoms with Gasteiger partial charge in [0.15, 0.2) is 0 Å². The molecular weight excluding hydrogens is 196 g/mol. The molecule has 1 aromatic carbocycles. The predicted molar refractivity (Wildman–Crippen MR) is 60.3 cm³/mol. The quantitative estimate of drug-likeness (QED) is 0.753. The minimum atomic E-state index is 0.369. The molecule has 2 nitrogen and oxygen atoms in total. The summed E-state index contributed by atoms with van der Waals surface area (Å²) >= 11 is 5.93. The van der Waals surface area contributed by atoms with E-state index in [1.807, 2.05) is 18.2 Å². The van der Waals surface area contributed by atoms with Gasteiger partial charge in [0.2, 0.25) is 0 Å². The lowest BCUT2D eigenvalue weighted by molar-refractivity contribution is 0.538. The van der Waals surface area contributed by atoms with Crippen LogP contribution in [-0.2, 0) is 6.54 Å². The van der Waals surface area contributed by atoms with E-state index in [1.165, 1.54) is 18.4 Å². The van der Waals surface area contributed by atoms with Crippen molar-refractivity contribution in [3.8, 4) is 0 Å². The molecule has 0 spiro atoms. The molecule has 2 rings (SSSR count). The normalized spacial score (nSPS) is 18.1. The Balaban J connectivity index is 1.99. The summed E-state index contributed by atoms with van der Waals surface area (Å²) < 4.78 is 0. The Bertz CT molecular complexity index is 345. The van der Waals surface area contributed by atoms with Gasteiger partial charge in [0.25, 0.3) is 0 Å². The number of halogens is 1. The maximum atomic E-state index is 5.93. The second kappa shape index (κ2) is 3.44. The lowest BCUT2D eigenvalue weighted by Crippen LogP contribution is -2.26. The summed E-state index contributed by atoms with van der Waals surface area (Å²) in [5.74, 6) is 0. The second-order valence-corrected chi connectivity index (χ2v) is 4.68. The van der Waals surface area contributed by atoms with Crippen molar-refractivity contribution in [1.29, 1.82) is 0 Å². The van der Waals surface area contributed by atoms with Crippen LogP contribution in [0.4, 0.5) is 5.69 Å². The first-order valence-corrected chi connectivity index (χ1v) is 5.26. The third-order valence-electron chi connectivity index (χ3n) is 2.78. The van der Waals surface area contributed by atoms with E-state index in [4.69, 9.17) is 17.3 Å². The van der Waals surface area contributed by atoms with E-state index in [9.17, 15) is 0 Å². The second-order valence-electron chi connectivity index (χ2n) is 4.27. The fraction of sp³-hybridized carbons (Fsp3) is 0.455. The van der Waals surface area contributed by atoms with E-state index in [1.54, 1.807) is 0 Å². The minimum absolute atomic E-state index is 0.369. The van der Waals surface area contributed by atoms with Gasteiger partial charge in [-0.3, -0.25) is 0 Å². The van der Waals surface area contributed by atoms with Gasteiger partial charge in [-0.1, -0.05) is 17.7 Å². The third kappa shape index (κ3) is 2.20. The van der Waals surface area contributed by atoms with Crippen LogP contribution in [0, 0.1) is 0 Å². The minimum Gasteiger partial charge on any atom is -0.398 e. The molecule has 3 N–H and O–H groups in total. The molecule has 1 aliphatic rings. The number of nitrogen functional groups attached to an aromatic ring is 1. The fourth-order valence-electron chi connectivity index (χ4n) is 1.36. The average molecular weight is 211 g/mol. The monoisotopic (exact) mass is 210 g/mol. The Labute approximate surface area is 89.4 Å². The summed E-state index contributed by atoms with van der Waals surface area (Å²) in [6.45, 7) is 3.11. The van der Waals surface area contributed by atoms with Gasteiger partial charge in [-0.25, -0.2) is 0 Å². The first-order chi connectivity index (χ1) is 6.59. The van der Waals surface area contributed by atoms with Gasteiger partial charge in [0.05, 0.1) is 10.7 Å². The predicted octanol–water partition coefficient (Wildman–Crippen LogP) is 2.56. The molecule has 1 aliphatic carbocycles. The van der Waals surface area contributed by atoms with Crippen LogP contribution in [0.25, 0.3) is 0 Å². The Hall–Kier alpha value is -0.730. The number of nitrogens with two attached hydrogens (primary N) is 1. The summed E-state index contributed by atoms with van der Waals surface area (Å²) in [5.41, 5.74) is 7.84. The number of hydrogen-bond acceptors (Lipinski definition) is 2. The van der Waals surface area contributed by atoms with Crippen molar-refractivity contribution in [1.82, 2.24) is 5.32 Å². The van der Waals surface area contributed by atoms with Crippen molar-refractivity contribution in [2.24, 2.45) is 0 Å². The molecule has 0 saturated heterocycles. The van der Waals surface area contributed by atoms with Gasteiger partial charge in [0, 0.05) is 12.1 Å². The van der Waals surface area contributed by atoms with Crippen LogP contribution in [-0.4, -0.2) is 5.54 Å². The molecule has 0 amide bonds. The molecule has 0 bridgehead atoms. The summed E-state index contributed by atoms with van der Waals surface area (Å²) in [7, 11) is 0. The number of benzene rings is 1. The Morgan fingerprint density at radius 1 is 1.50 bits per heavy atom. The standard InChI is InChI=1S/C11H15ClN2/c1-11(4-5-11)14-7-8-2-3-10(13)9(12)6-8/h2-3,6,14H,4-5,7,13H2,1H3. The molecule has 0 heterocycles. The van der Waals surface area contributed by atoms with E-state index in [2.05, 4.69) is 12.2 Å². The fourth-order valence-corrected chi connectivity index (χ4v) is 1.56. The van der Waals surface area contributed by atoms with Gasteiger partial charge >= 0.3 is 0 Å². The highest BCUT2D eigenvalue weighted by molar-refractivity contribution is 6.33. The first kappa shape index (κ1) is 9.81. The van der Waals surface area contributed by atoms with Gasteiger partial charge < -0.3 is 11.1 Å². The highest BCUT2D eigenvalue weighted by Gasteiger charge is 2.36. The van der Waals surface area contributed by atoms with Crippen LogP contribution >= 0.6 is 11.6 Å². The van der Waals surface area contributed by atoms with Crippen molar-refractivity contribution in [2.75, 3.05) is 5.73 Å². The van der Waals surface area contributed by atoms with E-state index < -0.39 is 0 Å². The molecule has 3 heteroatoms. The topological polar surface area (TPSA) is 38.0 Å². The Kier molecular flexibility index (Phi) is 2.41. The molecule has 1 saturated carbocycles. The Morgan fingerprint density at radius 2 is 2.21 bits per heavy atom. The zero-order valence-electron chi connectivity index (χ0n) is 8.31. The van der Waals surface area contributed by atoms with Gasteiger partial charge in [-0.05, 0) is 37.5 Å². The van der Waals surface area contributed by atoms with Crippen LogP contribution in [0.3, 0.4) is 0 Å². The number of nitrogens with one attached hydrogen (secondary N) is 1. The molecule has 0 aliphatic heterocycles. The molecule has 14 heavy (non-hydrogen) atoms. The first-order valence-electron chi connectivity index (χ1n) is 4.88. The largest absolute Gasteiger partial charge is 0.398 e. The third-order valence-corrected chi connectivity index (χ3v) is 3.11. The molecule has 0 aromatic heterocycles. The zero-order chi connectivity index (χ0) is 10.2. The van der Waals surface area contributed by atoms with Gasteiger partial charge in [0.1, 0.15) is 0 Å². The lowest BCUT2D eigenvalue weighted by Gasteiger charge is -2.11. The summed E-state index contributed by atoms with van der Waals surface area (Å²) in [6.07, 6.45) is 2.55. The molecule has 76 valence electrons. The van der Waals surface area contributed by atoms with E-state index in [-0.39, 0.29) is 0 Å². The molecule has 0 radical (unpaired) electrons. The lowest BCUT2D eigenvalue weighted by atomic mass is 10.2. The van der Waals surface area contributed by atoms with Gasteiger partial charge in [-0.15, -0.1) is 0 Å². The van der Waals surface area contributed by atoms with Gasteiger partial charge in [-0.2, -0.15) is 0 Å². The van der Waals surface area contributed by atoms with Crippen molar-refractivity contribution in [3.05, 3.63) is 28.8 Å². The summed E-state index contributed by atoms with van der Waals surface area (Å²) in [4.78, 5) is 0. The van der Waals surface area contributed by atoms with Crippen LogP contribution < -0.4 is 11.1 Å². The van der Waals surface area contributed by atoms with E-state index in [0.29, 0.717) is 16.2 Å². The molecule has 1 aromatic rings. The van der Waals surface area contributed by atoms with Crippen molar-refractivity contribution in [2.45, 2.75) is 31.8 Å². The number of rotatable bonds is 3. The SMILES string of the molecule is CC1(NCc2ccc(N)c(Cl)c2)CC1. The molecular formula is C11H15ClN2. The van der Waals surface area contributed by atoms with Crippen molar-refractivity contribution < 1.29 is 0 Å². The van der Waals surface area contributed by atoms with E-state index in [0.717, 1.165) is 6.54 Å². The molecule has 0 atom stereocenters. The van der Waals surface area contributed by atoms with Crippen LogP contribution in [0.5, 0.6) is 0 Å². The molecule has 1 fully saturated rings. The highest BCUT2D eigenvalue weighted by Crippen LogP contribution is 2.34.